The highest BCUT2D eigenvalue weighted by Gasteiger charge is 2.18. The molecule has 0 radical (unpaired) electrons. The van der Waals surface area contributed by atoms with Gasteiger partial charge in [-0.15, -0.1) is 0 Å². The van der Waals surface area contributed by atoms with Gasteiger partial charge in [0.2, 0.25) is 0 Å². The Labute approximate surface area is 65.6 Å². The van der Waals surface area contributed by atoms with Crippen molar-refractivity contribution in [3.8, 4) is 0 Å². The van der Waals surface area contributed by atoms with Crippen molar-refractivity contribution in [3.05, 3.63) is 24.0 Å². The van der Waals surface area contributed by atoms with Crippen LogP contribution >= 0.6 is 0 Å². The van der Waals surface area contributed by atoms with E-state index in [1.54, 1.807) is 6.20 Å². The molecule has 1 atom stereocenters. The Morgan fingerprint density at radius 1 is 1.55 bits per heavy atom. The van der Waals surface area contributed by atoms with Crippen molar-refractivity contribution in [2.75, 3.05) is 12.3 Å². The van der Waals surface area contributed by atoms with Crippen LogP contribution in [0.25, 0.3) is 0 Å². The van der Waals surface area contributed by atoms with Gasteiger partial charge in [0.05, 0.1) is 5.69 Å². The third-order valence-corrected chi connectivity index (χ3v) is 2.01. The lowest BCUT2D eigenvalue weighted by molar-refractivity contribution is 0.382. The molecule has 0 amide bonds. The maximum Gasteiger partial charge on any atom is 0.0503 e. The Morgan fingerprint density at radius 3 is 2.91 bits per heavy atom. The summed E-state index contributed by atoms with van der Waals surface area (Å²) in [5.41, 5.74) is 7.54. The number of hydrogen-bond donors (Lipinski definition) is 2. The van der Waals surface area contributed by atoms with E-state index in [0.29, 0.717) is 6.04 Å². The Bertz CT molecular complexity index is 255. The van der Waals surface area contributed by atoms with E-state index in [-0.39, 0.29) is 0 Å². The maximum absolute atomic E-state index is 5.58. The smallest absolute Gasteiger partial charge is 0.0503 e. The number of aromatic nitrogens is 1. The lowest BCUT2D eigenvalue weighted by Gasteiger charge is -2.27. The summed E-state index contributed by atoms with van der Waals surface area (Å²) in [4.78, 5) is 4.02. The minimum absolute atomic E-state index is 0.492. The van der Waals surface area contributed by atoms with Crippen molar-refractivity contribution in [1.29, 1.82) is 0 Å². The van der Waals surface area contributed by atoms with E-state index < -0.39 is 0 Å². The second-order valence-electron chi connectivity index (χ2n) is 2.85. The normalized spacial score (nSPS) is 22.7. The van der Waals surface area contributed by atoms with Crippen LogP contribution in [0.15, 0.2) is 18.5 Å². The molecule has 2 rings (SSSR count). The molecule has 58 valence electrons. The maximum atomic E-state index is 5.58. The van der Waals surface area contributed by atoms with E-state index in [9.17, 15) is 0 Å². The minimum atomic E-state index is 0.492. The molecule has 0 saturated carbocycles. The fourth-order valence-corrected chi connectivity index (χ4v) is 1.24. The molecule has 0 aromatic carbocycles. The zero-order chi connectivity index (χ0) is 7.68. The van der Waals surface area contributed by atoms with Crippen LogP contribution in [0, 0.1) is 0 Å². The van der Waals surface area contributed by atoms with Crippen molar-refractivity contribution in [2.45, 2.75) is 12.5 Å². The summed E-state index contributed by atoms with van der Waals surface area (Å²) in [7, 11) is 0. The van der Waals surface area contributed by atoms with Crippen molar-refractivity contribution >= 4 is 5.69 Å². The zero-order valence-corrected chi connectivity index (χ0v) is 6.25. The number of hydrogen-bond acceptors (Lipinski definition) is 3. The molecule has 3 heteroatoms. The van der Waals surface area contributed by atoms with Gasteiger partial charge in [-0.05, 0) is 24.6 Å². The van der Waals surface area contributed by atoms with Crippen molar-refractivity contribution in [3.63, 3.8) is 0 Å². The third kappa shape index (κ3) is 1.19. The molecule has 1 fully saturated rings. The monoisotopic (exact) mass is 149 g/mol. The van der Waals surface area contributed by atoms with Gasteiger partial charge in [-0.25, -0.2) is 0 Å². The number of nitrogens with one attached hydrogen (secondary N) is 1. The molecule has 0 bridgehead atoms. The first kappa shape index (κ1) is 6.61. The highest BCUT2D eigenvalue weighted by Crippen LogP contribution is 2.22. The van der Waals surface area contributed by atoms with E-state index in [1.165, 1.54) is 12.0 Å². The molecule has 1 aromatic heterocycles. The largest absolute Gasteiger partial charge is 0.397 e. The fourth-order valence-electron chi connectivity index (χ4n) is 1.24. The lowest BCUT2D eigenvalue weighted by atomic mass is 10.00. The minimum Gasteiger partial charge on any atom is -0.397 e. The standard InChI is InChI=1S/C8H11N3/c9-7-3-6(4-10-5-7)8-1-2-11-8/h3-5,8,11H,1-2,9H2. The highest BCUT2D eigenvalue weighted by molar-refractivity contribution is 5.38. The first-order chi connectivity index (χ1) is 5.36. The third-order valence-electron chi connectivity index (χ3n) is 2.01. The Balaban J connectivity index is 2.23. The molecule has 0 spiro atoms. The van der Waals surface area contributed by atoms with Crippen LogP contribution in [0.2, 0.25) is 0 Å². The quantitative estimate of drug-likeness (QED) is 0.618. The summed E-state index contributed by atoms with van der Waals surface area (Å²) in [6, 6.07) is 2.47. The predicted octanol–water partition coefficient (Wildman–Crippen LogP) is 0.698. The number of anilines is 1. The summed E-state index contributed by atoms with van der Waals surface area (Å²) >= 11 is 0. The number of nitrogens with zero attached hydrogens (tertiary/aromatic N) is 1. The van der Waals surface area contributed by atoms with Crippen LogP contribution in [-0.2, 0) is 0 Å². The summed E-state index contributed by atoms with van der Waals surface area (Å²) in [5, 5.41) is 3.29. The predicted molar refractivity (Wildman–Crippen MR) is 44.0 cm³/mol. The second kappa shape index (κ2) is 2.51. The molecule has 11 heavy (non-hydrogen) atoms. The molecule has 1 saturated heterocycles. The molecule has 1 aliphatic heterocycles. The van der Waals surface area contributed by atoms with Crippen LogP contribution in [0.5, 0.6) is 0 Å². The molecule has 3 nitrogen and oxygen atoms in total. The fraction of sp³-hybridized carbons (Fsp3) is 0.375. The number of pyridine rings is 1. The Morgan fingerprint density at radius 2 is 2.36 bits per heavy atom. The van der Waals surface area contributed by atoms with Gasteiger partial charge in [-0.3, -0.25) is 4.98 Å². The van der Waals surface area contributed by atoms with Crippen LogP contribution in [-0.4, -0.2) is 11.5 Å². The second-order valence-corrected chi connectivity index (χ2v) is 2.85. The van der Waals surface area contributed by atoms with Gasteiger partial charge in [0.15, 0.2) is 0 Å². The van der Waals surface area contributed by atoms with Gasteiger partial charge < -0.3 is 11.1 Å². The highest BCUT2D eigenvalue weighted by atomic mass is 15.0. The van der Waals surface area contributed by atoms with Crippen molar-refractivity contribution < 1.29 is 0 Å². The zero-order valence-electron chi connectivity index (χ0n) is 6.25. The van der Waals surface area contributed by atoms with Gasteiger partial charge in [0.25, 0.3) is 0 Å². The Hall–Kier alpha value is -1.09. The first-order valence-electron chi connectivity index (χ1n) is 3.80. The van der Waals surface area contributed by atoms with Crippen molar-refractivity contribution in [2.24, 2.45) is 0 Å². The summed E-state index contributed by atoms with van der Waals surface area (Å²) in [6.45, 7) is 1.11. The number of rotatable bonds is 1. The van der Waals surface area contributed by atoms with Gasteiger partial charge in [-0.1, -0.05) is 0 Å². The van der Waals surface area contributed by atoms with Crippen LogP contribution in [0.3, 0.4) is 0 Å². The van der Waals surface area contributed by atoms with Gasteiger partial charge in [-0.2, -0.15) is 0 Å². The van der Waals surface area contributed by atoms with E-state index >= 15 is 0 Å². The topological polar surface area (TPSA) is 50.9 Å². The molecule has 2 heterocycles. The summed E-state index contributed by atoms with van der Waals surface area (Å²) in [6.07, 6.45) is 4.74. The van der Waals surface area contributed by atoms with Crippen LogP contribution < -0.4 is 11.1 Å². The van der Waals surface area contributed by atoms with E-state index in [1.807, 2.05) is 12.3 Å². The SMILES string of the molecule is Nc1cncc(C2CCN2)c1. The summed E-state index contributed by atoms with van der Waals surface area (Å²) in [5.74, 6) is 0. The van der Waals surface area contributed by atoms with E-state index in [4.69, 9.17) is 5.73 Å². The van der Waals surface area contributed by atoms with Crippen LogP contribution in [0.1, 0.15) is 18.0 Å². The average Bonchev–Trinajstić information content (AvgIpc) is 1.83. The van der Waals surface area contributed by atoms with E-state index in [2.05, 4.69) is 10.3 Å². The Kier molecular flexibility index (Phi) is 1.51. The van der Waals surface area contributed by atoms with Gasteiger partial charge in [0, 0.05) is 18.4 Å². The summed E-state index contributed by atoms with van der Waals surface area (Å²) < 4.78 is 0. The molecule has 1 aliphatic rings. The van der Waals surface area contributed by atoms with Crippen LogP contribution in [0.4, 0.5) is 5.69 Å². The molecule has 1 aromatic rings. The number of nitrogens with two attached hydrogens (primary N) is 1. The van der Waals surface area contributed by atoms with Crippen molar-refractivity contribution in [1.82, 2.24) is 10.3 Å². The van der Waals surface area contributed by atoms with E-state index in [0.717, 1.165) is 12.2 Å². The molecular formula is C8H11N3. The molecule has 1 unspecified atom stereocenters. The molecule has 0 aliphatic carbocycles. The molecule has 3 N–H and O–H groups in total. The first-order valence-corrected chi connectivity index (χ1v) is 3.80. The molecular weight excluding hydrogens is 138 g/mol. The average molecular weight is 149 g/mol. The van der Waals surface area contributed by atoms with Gasteiger partial charge in [0.1, 0.15) is 0 Å². The van der Waals surface area contributed by atoms with Gasteiger partial charge >= 0.3 is 0 Å². The number of nitrogen functional groups attached to an aromatic ring is 1. The lowest BCUT2D eigenvalue weighted by Crippen LogP contribution is -2.34.